The fraction of sp³-hybridized carbons (Fsp3) is 0.176. The van der Waals surface area contributed by atoms with Crippen LogP contribution in [-0.4, -0.2) is 18.8 Å². The molecule has 21 heavy (non-hydrogen) atoms. The van der Waals surface area contributed by atoms with Crippen LogP contribution >= 0.6 is 15.9 Å². The lowest BCUT2D eigenvalue weighted by Gasteiger charge is -2.09. The van der Waals surface area contributed by atoms with Crippen molar-refractivity contribution in [3.63, 3.8) is 0 Å². The molecular weight excluding hydrogens is 330 g/mol. The highest BCUT2D eigenvalue weighted by atomic mass is 79.9. The van der Waals surface area contributed by atoms with Crippen LogP contribution in [0.1, 0.15) is 5.56 Å². The quantitative estimate of drug-likeness (QED) is 0.696. The molecule has 0 unspecified atom stereocenters. The molecule has 0 radical (unpaired) electrons. The number of halogens is 1. The van der Waals surface area contributed by atoms with Crippen LogP contribution in [0.5, 0.6) is 11.5 Å². The molecule has 0 fully saturated rings. The summed E-state index contributed by atoms with van der Waals surface area (Å²) in [6.45, 7) is 0.805. The van der Waals surface area contributed by atoms with E-state index in [0.29, 0.717) is 0 Å². The van der Waals surface area contributed by atoms with Gasteiger partial charge < -0.3 is 14.0 Å². The highest BCUT2D eigenvalue weighted by Crippen LogP contribution is 2.29. The molecule has 4 heteroatoms. The molecule has 0 saturated heterocycles. The minimum Gasteiger partial charge on any atom is -0.496 e. The molecule has 3 rings (SSSR count). The van der Waals surface area contributed by atoms with E-state index >= 15 is 0 Å². The summed E-state index contributed by atoms with van der Waals surface area (Å²) < 4.78 is 13.9. The molecule has 0 bridgehead atoms. The minimum atomic E-state index is 0.805. The van der Waals surface area contributed by atoms with Crippen LogP contribution in [0.25, 0.3) is 10.9 Å². The number of benzene rings is 2. The lowest BCUT2D eigenvalue weighted by Crippen LogP contribution is -1.98. The first-order valence-electron chi connectivity index (χ1n) is 6.67. The number of nitrogens with zero attached hydrogens (tertiary/aromatic N) is 1. The first-order valence-corrected chi connectivity index (χ1v) is 7.46. The number of hydrogen-bond donors (Lipinski definition) is 0. The lowest BCUT2D eigenvalue weighted by atomic mass is 10.2. The van der Waals surface area contributed by atoms with Crippen molar-refractivity contribution in [2.24, 2.45) is 0 Å². The van der Waals surface area contributed by atoms with Gasteiger partial charge in [-0.2, -0.15) is 0 Å². The normalized spacial score (nSPS) is 10.8. The topological polar surface area (TPSA) is 23.4 Å². The van der Waals surface area contributed by atoms with E-state index in [4.69, 9.17) is 9.47 Å². The summed E-state index contributed by atoms with van der Waals surface area (Å²) >= 11 is 3.53. The van der Waals surface area contributed by atoms with E-state index in [-0.39, 0.29) is 0 Å². The smallest absolute Gasteiger partial charge is 0.133 e. The maximum Gasteiger partial charge on any atom is 0.133 e. The second kappa shape index (κ2) is 5.82. The van der Waals surface area contributed by atoms with Gasteiger partial charge in [0.05, 0.1) is 24.2 Å². The van der Waals surface area contributed by atoms with Crippen LogP contribution in [0.2, 0.25) is 0 Å². The summed E-state index contributed by atoms with van der Waals surface area (Å²) in [5, 5.41) is 1.13. The Morgan fingerprint density at radius 1 is 1.00 bits per heavy atom. The Balaban J connectivity index is 1.97. The van der Waals surface area contributed by atoms with Gasteiger partial charge in [-0.15, -0.1) is 0 Å². The van der Waals surface area contributed by atoms with Crippen LogP contribution in [-0.2, 0) is 6.54 Å². The van der Waals surface area contributed by atoms with Crippen molar-refractivity contribution in [2.75, 3.05) is 14.2 Å². The minimum absolute atomic E-state index is 0.805. The Morgan fingerprint density at radius 2 is 1.81 bits per heavy atom. The SMILES string of the molecule is COc1ccc(Cn2ccc3c(OC)cccc32)cc1Br. The molecule has 1 heterocycles. The maximum atomic E-state index is 5.40. The molecule has 108 valence electrons. The van der Waals surface area contributed by atoms with E-state index in [9.17, 15) is 0 Å². The predicted molar refractivity (Wildman–Crippen MR) is 88.3 cm³/mol. The molecular formula is C17H16BrNO2. The first-order chi connectivity index (χ1) is 10.2. The highest BCUT2D eigenvalue weighted by molar-refractivity contribution is 9.10. The molecule has 0 saturated carbocycles. The largest absolute Gasteiger partial charge is 0.496 e. The standard InChI is InChI=1S/C17H16BrNO2/c1-20-16-5-3-4-15-13(16)8-9-19(15)11-12-6-7-17(21-2)14(18)10-12/h3-10H,11H2,1-2H3. The Labute approximate surface area is 132 Å². The van der Waals surface area contributed by atoms with E-state index in [2.05, 4.69) is 51.0 Å². The third-order valence-electron chi connectivity index (χ3n) is 3.56. The van der Waals surface area contributed by atoms with Crippen LogP contribution in [0, 0.1) is 0 Å². The zero-order valence-corrected chi connectivity index (χ0v) is 13.6. The van der Waals surface area contributed by atoms with Crippen LogP contribution in [0.3, 0.4) is 0 Å². The second-order valence-corrected chi connectivity index (χ2v) is 5.66. The molecule has 0 aliphatic rings. The molecule has 1 aromatic heterocycles. The Bertz CT molecular complexity index is 780. The molecule has 0 N–H and O–H groups in total. The zero-order chi connectivity index (χ0) is 14.8. The predicted octanol–water partition coefficient (Wildman–Crippen LogP) is 4.47. The zero-order valence-electron chi connectivity index (χ0n) is 12.0. The Hall–Kier alpha value is -1.94. The molecule has 0 spiro atoms. The number of aromatic nitrogens is 1. The van der Waals surface area contributed by atoms with Gasteiger partial charge in [0.1, 0.15) is 11.5 Å². The molecule has 0 aliphatic heterocycles. The van der Waals surface area contributed by atoms with Gasteiger partial charge in [-0.1, -0.05) is 12.1 Å². The number of methoxy groups -OCH3 is 2. The van der Waals surface area contributed by atoms with Crippen molar-refractivity contribution in [3.8, 4) is 11.5 Å². The summed E-state index contributed by atoms with van der Waals surface area (Å²) in [5.41, 5.74) is 2.38. The van der Waals surface area contributed by atoms with E-state index in [1.165, 1.54) is 11.1 Å². The highest BCUT2D eigenvalue weighted by Gasteiger charge is 2.07. The van der Waals surface area contributed by atoms with Crippen LogP contribution < -0.4 is 9.47 Å². The van der Waals surface area contributed by atoms with Gasteiger partial charge in [0.2, 0.25) is 0 Å². The molecule has 0 amide bonds. The van der Waals surface area contributed by atoms with Gasteiger partial charge in [-0.05, 0) is 51.8 Å². The van der Waals surface area contributed by atoms with Crippen molar-refractivity contribution >= 4 is 26.8 Å². The summed E-state index contributed by atoms with van der Waals surface area (Å²) in [6.07, 6.45) is 2.09. The van der Waals surface area contributed by atoms with Crippen LogP contribution in [0.4, 0.5) is 0 Å². The van der Waals surface area contributed by atoms with Gasteiger partial charge >= 0.3 is 0 Å². The van der Waals surface area contributed by atoms with Gasteiger partial charge in [-0.25, -0.2) is 0 Å². The van der Waals surface area contributed by atoms with E-state index < -0.39 is 0 Å². The van der Waals surface area contributed by atoms with Crippen molar-refractivity contribution in [2.45, 2.75) is 6.54 Å². The van der Waals surface area contributed by atoms with Crippen molar-refractivity contribution in [3.05, 3.63) is 58.7 Å². The van der Waals surface area contributed by atoms with Gasteiger partial charge in [0.15, 0.2) is 0 Å². The summed E-state index contributed by atoms with van der Waals surface area (Å²) in [6, 6.07) is 14.3. The summed E-state index contributed by atoms with van der Waals surface area (Å²) in [5.74, 6) is 1.75. The fourth-order valence-electron chi connectivity index (χ4n) is 2.52. The number of ether oxygens (including phenoxy) is 2. The van der Waals surface area contributed by atoms with E-state index in [0.717, 1.165) is 27.9 Å². The van der Waals surface area contributed by atoms with Gasteiger partial charge in [-0.3, -0.25) is 0 Å². The Morgan fingerprint density at radius 3 is 2.52 bits per heavy atom. The summed E-state index contributed by atoms with van der Waals surface area (Å²) in [7, 11) is 3.37. The number of rotatable bonds is 4. The fourth-order valence-corrected chi connectivity index (χ4v) is 3.10. The second-order valence-electron chi connectivity index (χ2n) is 4.81. The third kappa shape index (κ3) is 2.63. The van der Waals surface area contributed by atoms with E-state index in [1.807, 2.05) is 18.2 Å². The third-order valence-corrected chi connectivity index (χ3v) is 4.18. The monoisotopic (exact) mass is 345 g/mol. The lowest BCUT2D eigenvalue weighted by molar-refractivity contribution is 0.412. The van der Waals surface area contributed by atoms with Gasteiger partial charge in [0.25, 0.3) is 0 Å². The molecule has 0 atom stereocenters. The first kappa shape index (κ1) is 14.0. The number of hydrogen-bond acceptors (Lipinski definition) is 2. The van der Waals surface area contributed by atoms with Gasteiger partial charge in [0, 0.05) is 18.1 Å². The molecule has 0 aliphatic carbocycles. The maximum absolute atomic E-state index is 5.40. The van der Waals surface area contributed by atoms with Crippen molar-refractivity contribution < 1.29 is 9.47 Å². The average molecular weight is 346 g/mol. The molecule has 3 nitrogen and oxygen atoms in total. The summed E-state index contributed by atoms with van der Waals surface area (Å²) in [4.78, 5) is 0. The molecule has 2 aromatic carbocycles. The average Bonchev–Trinajstić information content (AvgIpc) is 2.91. The van der Waals surface area contributed by atoms with E-state index in [1.54, 1.807) is 14.2 Å². The number of fused-ring (bicyclic) bond motifs is 1. The van der Waals surface area contributed by atoms with Crippen LogP contribution in [0.15, 0.2) is 53.1 Å². The Kier molecular flexibility index (Phi) is 3.88. The van der Waals surface area contributed by atoms with Crippen molar-refractivity contribution in [1.29, 1.82) is 0 Å². The molecule has 3 aromatic rings. The van der Waals surface area contributed by atoms with Crippen molar-refractivity contribution in [1.82, 2.24) is 4.57 Å².